The number of aryl methyl sites for hydroxylation is 1. The maximum absolute atomic E-state index is 13.8. The molecule has 5 heterocycles. The molecule has 11 heteroatoms. The lowest BCUT2D eigenvalue weighted by Gasteiger charge is -2.39. The Morgan fingerprint density at radius 3 is 2.51 bits per heavy atom. The standard InChI is InChI=1S/C26H34N6O5/c1-28-8-6-27-23(28)26(36)32-17-20(19-4-2-7-31(16-19)25(35)22-5-3-15-37-22)21(18-32)24(34)30-11-9-29(10-12-30)13-14-33/h3,5-6,8,14-15,19-21H,2,4,7,9-13,16-18H2,1H3. The van der Waals surface area contributed by atoms with Crippen LogP contribution in [0.4, 0.5) is 0 Å². The van der Waals surface area contributed by atoms with E-state index >= 15 is 0 Å². The minimum atomic E-state index is -0.342. The molecule has 11 nitrogen and oxygen atoms in total. The summed E-state index contributed by atoms with van der Waals surface area (Å²) in [5.74, 6) is 0.109. The van der Waals surface area contributed by atoms with Gasteiger partial charge in [-0.25, -0.2) is 4.98 Å². The fourth-order valence-corrected chi connectivity index (χ4v) is 6.04. The first-order valence-electron chi connectivity index (χ1n) is 13.0. The van der Waals surface area contributed by atoms with Crippen LogP contribution >= 0.6 is 0 Å². The molecule has 0 saturated carbocycles. The molecule has 198 valence electrons. The molecule has 0 radical (unpaired) electrons. The summed E-state index contributed by atoms with van der Waals surface area (Å²) in [4.78, 5) is 62.8. The van der Waals surface area contributed by atoms with Gasteiger partial charge in [0.2, 0.25) is 5.91 Å². The van der Waals surface area contributed by atoms with Gasteiger partial charge in [-0.3, -0.25) is 19.3 Å². The van der Waals surface area contributed by atoms with Crippen LogP contribution in [0.15, 0.2) is 35.2 Å². The first-order valence-corrected chi connectivity index (χ1v) is 13.0. The zero-order valence-corrected chi connectivity index (χ0v) is 21.2. The van der Waals surface area contributed by atoms with E-state index in [9.17, 15) is 19.2 Å². The van der Waals surface area contributed by atoms with E-state index in [0.717, 1.165) is 19.1 Å². The van der Waals surface area contributed by atoms with Crippen molar-refractivity contribution < 1.29 is 23.6 Å². The average Bonchev–Trinajstić information content (AvgIpc) is 3.69. The smallest absolute Gasteiger partial charge is 0.289 e. The Morgan fingerprint density at radius 2 is 1.84 bits per heavy atom. The second-order valence-electron chi connectivity index (χ2n) is 10.3. The number of piperazine rings is 1. The molecule has 5 rings (SSSR count). The number of imidazole rings is 1. The van der Waals surface area contributed by atoms with Crippen LogP contribution < -0.4 is 0 Å². The average molecular weight is 511 g/mol. The van der Waals surface area contributed by atoms with E-state index in [1.165, 1.54) is 6.26 Å². The van der Waals surface area contributed by atoms with E-state index in [1.807, 2.05) is 14.7 Å². The van der Waals surface area contributed by atoms with Crippen molar-refractivity contribution in [1.29, 1.82) is 0 Å². The maximum atomic E-state index is 13.8. The van der Waals surface area contributed by atoms with Crippen molar-refractivity contribution in [2.45, 2.75) is 12.8 Å². The number of rotatable bonds is 6. The maximum Gasteiger partial charge on any atom is 0.289 e. The van der Waals surface area contributed by atoms with E-state index in [-0.39, 0.29) is 35.5 Å². The fourth-order valence-electron chi connectivity index (χ4n) is 6.04. The predicted octanol–water partition coefficient (Wildman–Crippen LogP) is 0.597. The zero-order valence-electron chi connectivity index (χ0n) is 21.2. The predicted molar refractivity (Wildman–Crippen MR) is 133 cm³/mol. The van der Waals surface area contributed by atoms with Crippen LogP contribution in [-0.4, -0.2) is 112 Å². The van der Waals surface area contributed by atoms with Crippen LogP contribution in [0.25, 0.3) is 0 Å². The van der Waals surface area contributed by atoms with Crippen LogP contribution in [0, 0.1) is 17.8 Å². The number of piperidine rings is 1. The number of furan rings is 1. The number of carbonyl (C=O) groups is 4. The van der Waals surface area contributed by atoms with Gasteiger partial charge in [-0.15, -0.1) is 0 Å². The third kappa shape index (κ3) is 5.18. The zero-order chi connectivity index (χ0) is 25.9. The molecule has 0 spiro atoms. The monoisotopic (exact) mass is 510 g/mol. The molecule has 3 saturated heterocycles. The molecular weight excluding hydrogens is 476 g/mol. The van der Waals surface area contributed by atoms with Crippen molar-refractivity contribution in [3.63, 3.8) is 0 Å². The highest BCUT2D eigenvalue weighted by Crippen LogP contribution is 2.37. The van der Waals surface area contributed by atoms with Gasteiger partial charge >= 0.3 is 0 Å². The lowest BCUT2D eigenvalue weighted by atomic mass is 9.78. The summed E-state index contributed by atoms with van der Waals surface area (Å²) >= 11 is 0. The molecule has 3 fully saturated rings. The summed E-state index contributed by atoms with van der Waals surface area (Å²) in [5, 5.41) is 0. The first-order chi connectivity index (χ1) is 18.0. The molecular formula is C26H34N6O5. The molecule has 37 heavy (non-hydrogen) atoms. The number of nitrogens with zero attached hydrogens (tertiary/aromatic N) is 6. The minimum Gasteiger partial charge on any atom is -0.459 e. The van der Waals surface area contributed by atoms with Crippen molar-refractivity contribution >= 4 is 24.0 Å². The lowest BCUT2D eigenvalue weighted by Crippen LogP contribution is -2.52. The largest absolute Gasteiger partial charge is 0.459 e. The molecule has 3 aliphatic heterocycles. The van der Waals surface area contributed by atoms with Crippen molar-refractivity contribution in [3.8, 4) is 0 Å². The SMILES string of the molecule is Cn1ccnc1C(=O)N1CC(C(=O)N2CCN(CC=O)CC2)C(C2CCCN(C(=O)c3ccco3)C2)C1. The van der Waals surface area contributed by atoms with Crippen molar-refractivity contribution in [2.24, 2.45) is 24.8 Å². The van der Waals surface area contributed by atoms with E-state index in [2.05, 4.69) is 4.98 Å². The fraction of sp³-hybridized carbons (Fsp3) is 0.577. The molecule has 2 aromatic heterocycles. The van der Waals surface area contributed by atoms with Crippen LogP contribution in [0.2, 0.25) is 0 Å². The van der Waals surface area contributed by atoms with Gasteiger partial charge in [0.15, 0.2) is 11.6 Å². The third-order valence-corrected chi connectivity index (χ3v) is 8.08. The minimum absolute atomic E-state index is 0.0559. The number of likely N-dealkylation sites (tertiary alicyclic amines) is 2. The summed E-state index contributed by atoms with van der Waals surface area (Å²) < 4.78 is 7.03. The van der Waals surface area contributed by atoms with Crippen LogP contribution in [0.5, 0.6) is 0 Å². The Bertz CT molecular complexity index is 1120. The number of aldehydes is 1. The quantitative estimate of drug-likeness (QED) is 0.523. The molecule has 3 unspecified atom stereocenters. The van der Waals surface area contributed by atoms with E-state index in [1.54, 1.807) is 41.0 Å². The second-order valence-corrected chi connectivity index (χ2v) is 10.3. The summed E-state index contributed by atoms with van der Waals surface area (Å²) in [6, 6.07) is 3.38. The second kappa shape index (κ2) is 10.9. The van der Waals surface area contributed by atoms with Crippen LogP contribution in [0.1, 0.15) is 34.0 Å². The Morgan fingerprint density at radius 1 is 1.03 bits per heavy atom. The van der Waals surface area contributed by atoms with Gasteiger partial charge in [0.25, 0.3) is 11.8 Å². The van der Waals surface area contributed by atoms with E-state index in [0.29, 0.717) is 70.5 Å². The summed E-state index contributed by atoms with van der Waals surface area (Å²) in [7, 11) is 1.79. The molecule has 0 aliphatic carbocycles. The highest BCUT2D eigenvalue weighted by molar-refractivity contribution is 5.92. The molecule has 3 amide bonds. The molecule has 0 bridgehead atoms. The third-order valence-electron chi connectivity index (χ3n) is 8.08. The van der Waals surface area contributed by atoms with Crippen molar-refractivity contribution in [2.75, 3.05) is 58.9 Å². The van der Waals surface area contributed by atoms with Crippen LogP contribution in [-0.2, 0) is 16.6 Å². The van der Waals surface area contributed by atoms with Crippen LogP contribution in [0.3, 0.4) is 0 Å². The molecule has 0 aromatic carbocycles. The Hall–Kier alpha value is -3.47. The van der Waals surface area contributed by atoms with Gasteiger partial charge in [0, 0.05) is 71.8 Å². The summed E-state index contributed by atoms with van der Waals surface area (Å²) in [6.45, 7) is 4.81. The van der Waals surface area contributed by atoms with Gasteiger partial charge in [-0.05, 0) is 36.8 Å². The first kappa shape index (κ1) is 25.2. The Balaban J connectivity index is 1.34. The summed E-state index contributed by atoms with van der Waals surface area (Å²) in [6.07, 6.45) is 7.46. The normalized spacial score (nSPS) is 24.9. The number of aromatic nitrogens is 2. The topological polar surface area (TPSA) is 112 Å². The molecule has 0 N–H and O–H groups in total. The van der Waals surface area contributed by atoms with Crippen molar-refractivity contribution in [1.82, 2.24) is 29.2 Å². The van der Waals surface area contributed by atoms with E-state index < -0.39 is 0 Å². The van der Waals surface area contributed by atoms with Gasteiger partial charge in [0.05, 0.1) is 18.7 Å². The van der Waals surface area contributed by atoms with Crippen molar-refractivity contribution in [3.05, 3.63) is 42.4 Å². The number of carbonyl (C=O) groups excluding carboxylic acids is 4. The lowest BCUT2D eigenvalue weighted by molar-refractivity contribution is -0.138. The van der Waals surface area contributed by atoms with Gasteiger partial charge in [-0.1, -0.05) is 0 Å². The Labute approximate surface area is 216 Å². The molecule has 3 aliphatic rings. The highest BCUT2D eigenvalue weighted by atomic mass is 16.3. The number of amides is 3. The van der Waals surface area contributed by atoms with Gasteiger partial charge in [-0.2, -0.15) is 0 Å². The van der Waals surface area contributed by atoms with Gasteiger partial charge < -0.3 is 28.5 Å². The molecule has 3 atom stereocenters. The van der Waals surface area contributed by atoms with E-state index in [4.69, 9.17) is 4.42 Å². The summed E-state index contributed by atoms with van der Waals surface area (Å²) in [5.41, 5.74) is 0. The molecule has 2 aromatic rings. The number of hydrogen-bond donors (Lipinski definition) is 0. The highest BCUT2D eigenvalue weighted by Gasteiger charge is 2.46. The number of hydrogen-bond acceptors (Lipinski definition) is 7. The Kier molecular flexibility index (Phi) is 7.40. The van der Waals surface area contributed by atoms with Gasteiger partial charge in [0.1, 0.15) is 6.29 Å².